The van der Waals surface area contributed by atoms with Crippen LogP contribution < -0.4 is 5.32 Å². The predicted octanol–water partition coefficient (Wildman–Crippen LogP) is 2.36. The molecule has 2 rings (SSSR count). The maximum absolute atomic E-state index is 6.20. The van der Waals surface area contributed by atoms with Crippen molar-refractivity contribution in [2.45, 2.75) is 19.4 Å². The number of aryl methyl sites for hydroxylation is 1. The van der Waals surface area contributed by atoms with E-state index in [4.69, 9.17) is 11.6 Å². The van der Waals surface area contributed by atoms with E-state index in [1.165, 1.54) is 0 Å². The number of aromatic nitrogens is 3. The summed E-state index contributed by atoms with van der Waals surface area (Å²) in [5, 5.41) is 8.49. The van der Waals surface area contributed by atoms with Crippen LogP contribution in [-0.4, -0.2) is 21.3 Å². The second-order valence-corrected chi connectivity index (χ2v) is 4.57. The molecule has 0 amide bonds. The first-order chi connectivity index (χ1) is 8.70. The molecule has 0 fully saturated rings. The van der Waals surface area contributed by atoms with Gasteiger partial charge in [-0.25, -0.2) is 0 Å². The van der Waals surface area contributed by atoms with Gasteiger partial charge in [0.15, 0.2) is 0 Å². The van der Waals surface area contributed by atoms with E-state index in [0.29, 0.717) is 5.02 Å². The van der Waals surface area contributed by atoms with Crippen LogP contribution in [-0.2, 0) is 13.5 Å². The molecule has 0 aromatic carbocycles. The van der Waals surface area contributed by atoms with Gasteiger partial charge in [-0.3, -0.25) is 9.67 Å². The van der Waals surface area contributed by atoms with Crippen LogP contribution >= 0.6 is 11.6 Å². The van der Waals surface area contributed by atoms with Crippen molar-refractivity contribution in [1.29, 1.82) is 0 Å². The van der Waals surface area contributed by atoms with E-state index in [1.807, 2.05) is 31.4 Å². The standard InChI is InChI=1S/C13H17ClN4/c1-3-15-12(9-10-6-8-18(2)17-10)13-11(14)5-4-7-16-13/h4-8,12,15H,3,9H2,1-2H3. The second kappa shape index (κ2) is 5.98. The lowest BCUT2D eigenvalue weighted by atomic mass is 10.1. The minimum Gasteiger partial charge on any atom is -0.309 e. The molecule has 0 aliphatic rings. The summed E-state index contributed by atoms with van der Waals surface area (Å²) in [5.74, 6) is 0. The van der Waals surface area contributed by atoms with Crippen molar-refractivity contribution >= 4 is 11.6 Å². The van der Waals surface area contributed by atoms with Gasteiger partial charge in [0.1, 0.15) is 0 Å². The highest BCUT2D eigenvalue weighted by Gasteiger charge is 2.16. The fourth-order valence-electron chi connectivity index (χ4n) is 1.95. The molecule has 4 nitrogen and oxygen atoms in total. The first kappa shape index (κ1) is 13.1. The Hall–Kier alpha value is -1.39. The first-order valence-corrected chi connectivity index (χ1v) is 6.40. The Kier molecular flexibility index (Phi) is 4.33. The number of nitrogens with one attached hydrogen (secondary N) is 1. The van der Waals surface area contributed by atoms with Crippen LogP contribution in [0.3, 0.4) is 0 Å². The average Bonchev–Trinajstić information content (AvgIpc) is 2.75. The van der Waals surface area contributed by atoms with Crippen molar-refractivity contribution < 1.29 is 0 Å². The van der Waals surface area contributed by atoms with Crippen molar-refractivity contribution in [3.63, 3.8) is 0 Å². The fourth-order valence-corrected chi connectivity index (χ4v) is 2.20. The molecule has 0 aliphatic heterocycles. The summed E-state index contributed by atoms with van der Waals surface area (Å²) in [4.78, 5) is 4.37. The Bertz CT molecular complexity index is 509. The molecule has 2 aromatic heterocycles. The number of pyridine rings is 1. The highest BCUT2D eigenvalue weighted by molar-refractivity contribution is 6.31. The summed E-state index contributed by atoms with van der Waals surface area (Å²) in [5.41, 5.74) is 1.91. The van der Waals surface area contributed by atoms with E-state index in [9.17, 15) is 0 Å². The van der Waals surface area contributed by atoms with Crippen molar-refractivity contribution in [3.05, 3.63) is 47.0 Å². The van der Waals surface area contributed by atoms with Crippen LogP contribution in [0.4, 0.5) is 0 Å². The molecule has 18 heavy (non-hydrogen) atoms. The molecule has 0 saturated heterocycles. The Labute approximate surface area is 112 Å². The van der Waals surface area contributed by atoms with E-state index in [0.717, 1.165) is 24.4 Å². The molecule has 1 atom stereocenters. The minimum atomic E-state index is 0.0959. The molecule has 0 bridgehead atoms. The highest BCUT2D eigenvalue weighted by atomic mass is 35.5. The number of hydrogen-bond donors (Lipinski definition) is 1. The number of hydrogen-bond acceptors (Lipinski definition) is 3. The number of likely N-dealkylation sites (N-methyl/N-ethyl adjacent to an activating group) is 1. The zero-order chi connectivity index (χ0) is 13.0. The summed E-state index contributed by atoms with van der Waals surface area (Å²) in [6.07, 6.45) is 4.49. The van der Waals surface area contributed by atoms with Crippen molar-refractivity contribution in [3.8, 4) is 0 Å². The molecule has 5 heteroatoms. The zero-order valence-corrected chi connectivity index (χ0v) is 11.4. The highest BCUT2D eigenvalue weighted by Crippen LogP contribution is 2.22. The monoisotopic (exact) mass is 264 g/mol. The van der Waals surface area contributed by atoms with Gasteiger partial charge < -0.3 is 5.32 Å². The van der Waals surface area contributed by atoms with Gasteiger partial charge in [-0.1, -0.05) is 18.5 Å². The largest absolute Gasteiger partial charge is 0.309 e. The predicted molar refractivity (Wildman–Crippen MR) is 72.6 cm³/mol. The molecule has 0 aliphatic carbocycles. The fraction of sp³-hybridized carbons (Fsp3) is 0.385. The topological polar surface area (TPSA) is 42.7 Å². The smallest absolute Gasteiger partial charge is 0.0762 e. The summed E-state index contributed by atoms with van der Waals surface area (Å²) in [6, 6.07) is 5.82. The molecule has 0 spiro atoms. The molecule has 0 radical (unpaired) electrons. The molecule has 2 heterocycles. The normalized spacial score (nSPS) is 12.6. The van der Waals surface area contributed by atoms with Crippen LogP contribution in [0.1, 0.15) is 24.4 Å². The summed E-state index contributed by atoms with van der Waals surface area (Å²) in [6.45, 7) is 2.94. The van der Waals surface area contributed by atoms with Gasteiger partial charge >= 0.3 is 0 Å². The number of rotatable bonds is 5. The third-order valence-corrected chi connectivity index (χ3v) is 3.07. The number of halogens is 1. The molecule has 96 valence electrons. The molecular weight excluding hydrogens is 248 g/mol. The zero-order valence-electron chi connectivity index (χ0n) is 10.6. The van der Waals surface area contributed by atoms with Crippen LogP contribution in [0.15, 0.2) is 30.6 Å². The Morgan fingerprint density at radius 2 is 2.28 bits per heavy atom. The third kappa shape index (κ3) is 3.09. The first-order valence-electron chi connectivity index (χ1n) is 6.03. The lowest BCUT2D eigenvalue weighted by Gasteiger charge is -2.17. The van der Waals surface area contributed by atoms with Gasteiger partial charge in [0.2, 0.25) is 0 Å². The van der Waals surface area contributed by atoms with E-state index in [-0.39, 0.29) is 6.04 Å². The Balaban J connectivity index is 2.20. The van der Waals surface area contributed by atoms with E-state index in [2.05, 4.69) is 22.3 Å². The maximum atomic E-state index is 6.20. The number of nitrogens with zero attached hydrogens (tertiary/aromatic N) is 3. The SMILES string of the molecule is CCNC(Cc1ccn(C)n1)c1ncccc1Cl. The summed E-state index contributed by atoms with van der Waals surface area (Å²) in [7, 11) is 1.92. The maximum Gasteiger partial charge on any atom is 0.0762 e. The van der Waals surface area contributed by atoms with Crippen molar-refractivity contribution in [1.82, 2.24) is 20.1 Å². The lowest BCUT2D eigenvalue weighted by molar-refractivity contribution is 0.527. The molecule has 2 aromatic rings. The summed E-state index contributed by atoms with van der Waals surface area (Å²) >= 11 is 6.20. The van der Waals surface area contributed by atoms with Crippen LogP contribution in [0.25, 0.3) is 0 Å². The van der Waals surface area contributed by atoms with E-state index < -0.39 is 0 Å². The lowest BCUT2D eigenvalue weighted by Crippen LogP contribution is -2.24. The summed E-state index contributed by atoms with van der Waals surface area (Å²) < 4.78 is 1.80. The molecule has 1 N–H and O–H groups in total. The van der Waals surface area contributed by atoms with Gasteiger partial charge in [-0.15, -0.1) is 0 Å². The molecule has 0 saturated carbocycles. The second-order valence-electron chi connectivity index (χ2n) is 4.17. The van der Waals surface area contributed by atoms with Crippen LogP contribution in [0.2, 0.25) is 5.02 Å². The van der Waals surface area contributed by atoms with E-state index in [1.54, 1.807) is 10.9 Å². The minimum absolute atomic E-state index is 0.0959. The van der Waals surface area contributed by atoms with Gasteiger partial charge in [-0.2, -0.15) is 5.10 Å². The average molecular weight is 265 g/mol. The Morgan fingerprint density at radius 3 is 2.89 bits per heavy atom. The van der Waals surface area contributed by atoms with Crippen LogP contribution in [0.5, 0.6) is 0 Å². The molecular formula is C13H17ClN4. The van der Waals surface area contributed by atoms with Crippen molar-refractivity contribution in [2.75, 3.05) is 6.54 Å². The van der Waals surface area contributed by atoms with Crippen molar-refractivity contribution in [2.24, 2.45) is 7.05 Å². The van der Waals surface area contributed by atoms with Crippen LogP contribution in [0, 0.1) is 0 Å². The van der Waals surface area contributed by atoms with Gasteiger partial charge in [0.25, 0.3) is 0 Å². The molecule has 1 unspecified atom stereocenters. The van der Waals surface area contributed by atoms with E-state index >= 15 is 0 Å². The quantitative estimate of drug-likeness (QED) is 0.902. The third-order valence-electron chi connectivity index (χ3n) is 2.75. The Morgan fingerprint density at radius 1 is 1.44 bits per heavy atom. The van der Waals surface area contributed by atoms with Gasteiger partial charge in [-0.05, 0) is 24.7 Å². The van der Waals surface area contributed by atoms with Gasteiger partial charge in [0, 0.05) is 25.9 Å². The van der Waals surface area contributed by atoms with Gasteiger partial charge in [0.05, 0.1) is 22.5 Å².